The highest BCUT2D eigenvalue weighted by Gasteiger charge is 2.34. The van der Waals surface area contributed by atoms with Gasteiger partial charge in [0.25, 0.3) is 0 Å². The number of alkyl halides is 3. The fraction of sp³-hybridized carbons (Fsp3) is 0.368. The Balaban J connectivity index is 2.22. The van der Waals surface area contributed by atoms with Crippen LogP contribution in [0.25, 0.3) is 22.6 Å². The lowest BCUT2D eigenvalue weighted by Gasteiger charge is -2.22. The predicted octanol–water partition coefficient (Wildman–Crippen LogP) is 3.08. The van der Waals surface area contributed by atoms with Gasteiger partial charge in [0.15, 0.2) is 21.3 Å². The number of hydrogen-bond acceptors (Lipinski definition) is 7. The molecule has 1 N–H and O–H groups in total. The Hall–Kier alpha value is -3.22. The van der Waals surface area contributed by atoms with Crippen LogP contribution >= 0.6 is 0 Å². The fourth-order valence-corrected chi connectivity index (χ4v) is 3.88. The van der Waals surface area contributed by atoms with Crippen LogP contribution in [0, 0.1) is 0 Å². The summed E-state index contributed by atoms with van der Waals surface area (Å²) >= 11 is 0. The van der Waals surface area contributed by atoms with E-state index >= 15 is 0 Å². The summed E-state index contributed by atoms with van der Waals surface area (Å²) in [6.45, 7) is 3.98. The van der Waals surface area contributed by atoms with Gasteiger partial charge < -0.3 is 14.4 Å². The van der Waals surface area contributed by atoms with Crippen LogP contribution in [0.4, 0.5) is 13.2 Å². The molecule has 0 saturated carbocycles. The molecule has 0 spiro atoms. The van der Waals surface area contributed by atoms with E-state index in [2.05, 4.69) is 15.0 Å². The SMILES string of the molecule is CCS(=O)(=O)c1cc(OC(C)(C)C(=O)O)cnc1-c1nc2cc(C(F)(F)F)ncc2n1C. The average molecular weight is 472 g/mol. The zero-order valence-electron chi connectivity index (χ0n) is 17.4. The molecule has 0 fully saturated rings. The molecule has 0 unspecified atom stereocenters. The van der Waals surface area contributed by atoms with Crippen LogP contribution in [0.15, 0.2) is 29.4 Å². The van der Waals surface area contributed by atoms with Gasteiger partial charge in [0.05, 0.1) is 29.2 Å². The minimum absolute atomic E-state index is 0.00260. The maximum Gasteiger partial charge on any atom is 0.433 e. The van der Waals surface area contributed by atoms with Gasteiger partial charge in [0.2, 0.25) is 0 Å². The van der Waals surface area contributed by atoms with E-state index in [-0.39, 0.29) is 38.9 Å². The van der Waals surface area contributed by atoms with Gasteiger partial charge in [-0.05, 0) is 19.9 Å². The highest BCUT2D eigenvalue weighted by Crippen LogP contribution is 2.34. The highest BCUT2D eigenvalue weighted by atomic mass is 32.2. The molecular formula is C19H19F3N4O5S. The summed E-state index contributed by atoms with van der Waals surface area (Å²) in [4.78, 5) is 22.7. The van der Waals surface area contributed by atoms with E-state index in [0.717, 1.165) is 24.5 Å². The maximum absolute atomic E-state index is 13.0. The number of carboxylic acids is 1. The van der Waals surface area contributed by atoms with Crippen molar-refractivity contribution in [1.29, 1.82) is 0 Å². The number of rotatable bonds is 6. The quantitative estimate of drug-likeness (QED) is 0.580. The lowest BCUT2D eigenvalue weighted by Crippen LogP contribution is -2.38. The van der Waals surface area contributed by atoms with Crippen molar-refractivity contribution in [3.63, 3.8) is 0 Å². The highest BCUT2D eigenvalue weighted by molar-refractivity contribution is 7.91. The molecule has 0 aliphatic carbocycles. The largest absolute Gasteiger partial charge is 0.478 e. The van der Waals surface area contributed by atoms with E-state index < -0.39 is 33.3 Å². The van der Waals surface area contributed by atoms with Crippen molar-refractivity contribution in [3.05, 3.63) is 30.2 Å². The Kier molecular flexibility index (Phi) is 5.66. The van der Waals surface area contributed by atoms with Gasteiger partial charge in [-0.25, -0.2) is 28.2 Å². The molecule has 3 heterocycles. The summed E-state index contributed by atoms with van der Waals surface area (Å²) in [7, 11) is -2.41. The van der Waals surface area contributed by atoms with Crippen LogP contribution in [0.2, 0.25) is 0 Å². The van der Waals surface area contributed by atoms with Crippen LogP contribution in [-0.4, -0.2) is 50.4 Å². The van der Waals surface area contributed by atoms with Gasteiger partial charge in [-0.3, -0.25) is 0 Å². The third kappa shape index (κ3) is 4.24. The van der Waals surface area contributed by atoms with E-state index in [9.17, 15) is 31.5 Å². The molecule has 0 bridgehead atoms. The van der Waals surface area contributed by atoms with Crippen molar-refractivity contribution in [2.75, 3.05) is 5.75 Å². The molecule has 13 heteroatoms. The molecule has 0 aliphatic heterocycles. The number of imidazole rings is 1. The van der Waals surface area contributed by atoms with Crippen molar-refractivity contribution in [2.24, 2.45) is 7.05 Å². The number of hydrogen-bond donors (Lipinski definition) is 1. The molecule has 0 saturated heterocycles. The summed E-state index contributed by atoms with van der Waals surface area (Å²) in [5.41, 5.74) is -2.71. The van der Waals surface area contributed by atoms with Crippen molar-refractivity contribution >= 4 is 26.8 Å². The predicted molar refractivity (Wildman–Crippen MR) is 107 cm³/mol. The first-order chi connectivity index (χ1) is 14.7. The molecule has 3 aromatic rings. The van der Waals surface area contributed by atoms with Gasteiger partial charge in [0, 0.05) is 13.1 Å². The minimum Gasteiger partial charge on any atom is -0.478 e. The number of aliphatic carboxylic acids is 1. The third-order valence-corrected chi connectivity index (χ3v) is 6.44. The van der Waals surface area contributed by atoms with E-state index in [1.54, 1.807) is 0 Å². The molecular weight excluding hydrogens is 453 g/mol. The molecule has 0 atom stereocenters. The number of sulfone groups is 1. The lowest BCUT2D eigenvalue weighted by atomic mass is 10.1. The summed E-state index contributed by atoms with van der Waals surface area (Å²) < 4.78 is 71.3. The number of carboxylic acid groups (broad SMARTS) is 1. The first-order valence-electron chi connectivity index (χ1n) is 9.22. The second-order valence-corrected chi connectivity index (χ2v) is 9.64. The zero-order valence-corrected chi connectivity index (χ0v) is 18.2. The number of halogens is 3. The van der Waals surface area contributed by atoms with E-state index in [4.69, 9.17) is 4.74 Å². The third-order valence-electron chi connectivity index (χ3n) is 4.70. The van der Waals surface area contributed by atoms with Crippen LogP contribution < -0.4 is 4.74 Å². The molecule has 9 nitrogen and oxygen atoms in total. The summed E-state index contributed by atoms with van der Waals surface area (Å²) in [5, 5.41) is 9.24. The molecule has 3 rings (SSSR count). The van der Waals surface area contributed by atoms with Crippen molar-refractivity contribution in [3.8, 4) is 17.3 Å². The fourth-order valence-electron chi connectivity index (χ4n) is 2.84. The average Bonchev–Trinajstić information content (AvgIpc) is 3.03. The van der Waals surface area contributed by atoms with Crippen LogP contribution in [0.1, 0.15) is 26.5 Å². The number of nitrogens with zero attached hydrogens (tertiary/aromatic N) is 4. The van der Waals surface area contributed by atoms with Gasteiger partial charge >= 0.3 is 12.1 Å². The second-order valence-electron chi connectivity index (χ2n) is 7.39. The topological polar surface area (TPSA) is 124 Å². The number of aryl methyl sites for hydroxylation is 1. The van der Waals surface area contributed by atoms with E-state index in [1.165, 1.54) is 32.4 Å². The molecule has 0 radical (unpaired) electrons. The summed E-state index contributed by atoms with van der Waals surface area (Å²) in [6, 6.07) is 1.89. The normalized spacial score (nSPS) is 12.8. The second kappa shape index (κ2) is 7.73. The van der Waals surface area contributed by atoms with Crippen LogP contribution in [0.3, 0.4) is 0 Å². The Morgan fingerprint density at radius 1 is 1.19 bits per heavy atom. The first-order valence-corrected chi connectivity index (χ1v) is 10.9. The Morgan fingerprint density at radius 3 is 2.41 bits per heavy atom. The monoisotopic (exact) mass is 472 g/mol. The number of aromatic nitrogens is 4. The molecule has 32 heavy (non-hydrogen) atoms. The molecule has 172 valence electrons. The summed E-state index contributed by atoms with van der Waals surface area (Å²) in [5.74, 6) is -1.69. The molecule has 0 aromatic carbocycles. The Bertz CT molecular complexity index is 1320. The zero-order chi connectivity index (χ0) is 24.1. The summed E-state index contributed by atoms with van der Waals surface area (Å²) in [6.07, 6.45) is -2.54. The Labute approximate surface area is 180 Å². The molecule has 0 amide bonds. The number of ether oxygens (including phenoxy) is 1. The number of carbonyl (C=O) groups is 1. The lowest BCUT2D eigenvalue weighted by molar-refractivity contribution is -0.152. The molecule has 0 aliphatic rings. The number of fused-ring (bicyclic) bond motifs is 1. The van der Waals surface area contributed by atoms with Crippen LogP contribution in [0.5, 0.6) is 5.75 Å². The van der Waals surface area contributed by atoms with Gasteiger partial charge in [-0.2, -0.15) is 13.2 Å². The molecule has 3 aromatic heterocycles. The maximum atomic E-state index is 13.0. The Morgan fingerprint density at radius 2 is 1.84 bits per heavy atom. The van der Waals surface area contributed by atoms with E-state index in [0.29, 0.717) is 0 Å². The standard InChI is InChI=1S/C19H19F3N4O5S/c1-5-32(29,30)13-6-10(31-18(2,3)17(27)28)8-24-15(13)16-25-11-7-14(19(20,21)22)23-9-12(11)26(16)4/h6-9H,5H2,1-4H3,(H,27,28). The van der Waals surface area contributed by atoms with Gasteiger partial charge in [-0.1, -0.05) is 6.92 Å². The van der Waals surface area contributed by atoms with Gasteiger partial charge in [-0.15, -0.1) is 0 Å². The van der Waals surface area contributed by atoms with E-state index in [1.807, 2.05) is 0 Å². The van der Waals surface area contributed by atoms with Crippen molar-refractivity contribution < 1.29 is 36.2 Å². The van der Waals surface area contributed by atoms with Gasteiger partial charge in [0.1, 0.15) is 22.0 Å². The first kappa shape index (κ1) is 23.4. The van der Waals surface area contributed by atoms with Crippen LogP contribution in [-0.2, 0) is 27.9 Å². The number of pyridine rings is 2. The smallest absolute Gasteiger partial charge is 0.433 e. The van der Waals surface area contributed by atoms with Crippen molar-refractivity contribution in [1.82, 2.24) is 19.5 Å². The van der Waals surface area contributed by atoms with Crippen molar-refractivity contribution in [2.45, 2.75) is 37.4 Å². The minimum atomic E-state index is -4.67.